The summed E-state index contributed by atoms with van der Waals surface area (Å²) in [7, 11) is -1.56. The molecule has 1 atom stereocenters. The molecule has 1 fully saturated rings. The Kier molecular flexibility index (Phi) is 4.85. The molecule has 0 unspecified atom stereocenters. The average molecular weight is 369 g/mol. The van der Waals surface area contributed by atoms with Crippen molar-refractivity contribution in [1.82, 2.24) is 4.90 Å². The van der Waals surface area contributed by atoms with Gasteiger partial charge in [0, 0.05) is 13.1 Å². The minimum absolute atomic E-state index is 0.0503. The van der Waals surface area contributed by atoms with Crippen LogP contribution in [0.1, 0.15) is 16.8 Å². The van der Waals surface area contributed by atoms with E-state index < -0.39 is 28.3 Å². The van der Waals surface area contributed by atoms with Crippen molar-refractivity contribution in [2.24, 2.45) is 0 Å². The molecule has 3 rings (SSSR count). The standard InChI is InChI=1S/C16H19NO7S/c1-17(12-4-7-25(20,21)10-12)15(18)9-24-16(19)11-2-3-13-14(8-11)23-6-5-22-13/h2-3,8,12H,4-7,9-10H2,1H3/t12-/m0/s1. The molecule has 0 spiro atoms. The molecule has 0 N–H and O–H groups in total. The molecule has 2 heterocycles. The number of carbonyl (C=O) groups is 2. The highest BCUT2D eigenvalue weighted by molar-refractivity contribution is 7.91. The number of ether oxygens (including phenoxy) is 3. The van der Waals surface area contributed by atoms with Crippen LogP contribution in [0.25, 0.3) is 0 Å². The van der Waals surface area contributed by atoms with Gasteiger partial charge in [0.05, 0.1) is 17.1 Å². The average Bonchev–Trinajstić information content (AvgIpc) is 2.98. The van der Waals surface area contributed by atoms with E-state index in [0.29, 0.717) is 31.1 Å². The molecule has 0 aromatic heterocycles. The summed E-state index contributed by atoms with van der Waals surface area (Å²) in [5, 5.41) is 0. The molecule has 1 aromatic rings. The number of rotatable bonds is 4. The summed E-state index contributed by atoms with van der Waals surface area (Å²) in [5.41, 5.74) is 0.253. The molecular weight excluding hydrogens is 350 g/mol. The first kappa shape index (κ1) is 17.5. The molecule has 2 aliphatic heterocycles. The van der Waals surface area contributed by atoms with Gasteiger partial charge in [0.1, 0.15) is 13.2 Å². The predicted octanol–water partition coefficient (Wildman–Crippen LogP) is 0.260. The van der Waals surface area contributed by atoms with Crippen LogP contribution in [0.4, 0.5) is 0 Å². The van der Waals surface area contributed by atoms with E-state index in [1.54, 1.807) is 6.07 Å². The highest BCUT2D eigenvalue weighted by Crippen LogP contribution is 2.30. The maximum absolute atomic E-state index is 12.1. The van der Waals surface area contributed by atoms with E-state index in [1.165, 1.54) is 24.1 Å². The fourth-order valence-electron chi connectivity index (χ4n) is 2.77. The molecule has 8 nitrogen and oxygen atoms in total. The molecule has 9 heteroatoms. The molecule has 0 saturated carbocycles. The minimum atomic E-state index is -3.08. The van der Waals surface area contributed by atoms with Crippen molar-refractivity contribution in [3.8, 4) is 11.5 Å². The van der Waals surface area contributed by atoms with E-state index in [4.69, 9.17) is 14.2 Å². The van der Waals surface area contributed by atoms with Crippen molar-refractivity contribution >= 4 is 21.7 Å². The van der Waals surface area contributed by atoms with E-state index in [0.717, 1.165) is 0 Å². The number of amides is 1. The SMILES string of the molecule is CN(C(=O)COC(=O)c1ccc2c(c1)OCCO2)[C@H]1CCS(=O)(=O)C1. The largest absolute Gasteiger partial charge is 0.486 e. The Morgan fingerprint density at radius 2 is 1.96 bits per heavy atom. The number of hydrogen-bond donors (Lipinski definition) is 0. The van der Waals surface area contributed by atoms with Crippen molar-refractivity contribution in [1.29, 1.82) is 0 Å². The first-order valence-electron chi connectivity index (χ1n) is 7.88. The number of likely N-dealkylation sites (N-methyl/N-ethyl adjacent to an activating group) is 1. The van der Waals surface area contributed by atoms with E-state index in [-0.39, 0.29) is 23.1 Å². The molecule has 25 heavy (non-hydrogen) atoms. The Balaban J connectivity index is 1.56. The third-order valence-electron chi connectivity index (χ3n) is 4.25. The van der Waals surface area contributed by atoms with Gasteiger partial charge in [0.2, 0.25) is 0 Å². The van der Waals surface area contributed by atoms with E-state index >= 15 is 0 Å². The van der Waals surface area contributed by atoms with Gasteiger partial charge in [0.15, 0.2) is 27.9 Å². The Morgan fingerprint density at radius 3 is 2.64 bits per heavy atom. The summed E-state index contributed by atoms with van der Waals surface area (Å²) >= 11 is 0. The van der Waals surface area contributed by atoms with Crippen molar-refractivity contribution in [3.63, 3.8) is 0 Å². The van der Waals surface area contributed by atoms with Gasteiger partial charge >= 0.3 is 5.97 Å². The van der Waals surface area contributed by atoms with Gasteiger partial charge in [-0.2, -0.15) is 0 Å². The van der Waals surface area contributed by atoms with Crippen LogP contribution in [0, 0.1) is 0 Å². The normalized spacial score (nSPS) is 20.8. The second kappa shape index (κ2) is 6.91. The molecule has 0 bridgehead atoms. The van der Waals surface area contributed by atoms with E-state index in [1.807, 2.05) is 0 Å². The predicted molar refractivity (Wildman–Crippen MR) is 87.5 cm³/mol. The number of fused-ring (bicyclic) bond motifs is 1. The second-order valence-corrected chi connectivity index (χ2v) is 8.22. The maximum atomic E-state index is 12.1. The smallest absolute Gasteiger partial charge is 0.338 e. The third kappa shape index (κ3) is 4.04. The lowest BCUT2D eigenvalue weighted by Crippen LogP contribution is -2.40. The molecule has 0 radical (unpaired) electrons. The lowest BCUT2D eigenvalue weighted by molar-refractivity contribution is -0.134. The summed E-state index contributed by atoms with van der Waals surface area (Å²) in [6.45, 7) is 0.411. The number of esters is 1. The Labute approximate surface area is 145 Å². The van der Waals surface area contributed by atoms with Crippen LogP contribution in [-0.2, 0) is 19.4 Å². The zero-order chi connectivity index (χ0) is 18.0. The summed E-state index contributed by atoms with van der Waals surface area (Å²) in [6, 6.07) is 4.29. The zero-order valence-corrected chi connectivity index (χ0v) is 14.6. The monoisotopic (exact) mass is 369 g/mol. The van der Waals surface area contributed by atoms with Crippen molar-refractivity contribution in [3.05, 3.63) is 23.8 Å². The lowest BCUT2D eigenvalue weighted by Gasteiger charge is -2.23. The van der Waals surface area contributed by atoms with Gasteiger partial charge < -0.3 is 19.1 Å². The van der Waals surface area contributed by atoms with E-state index in [9.17, 15) is 18.0 Å². The van der Waals surface area contributed by atoms with Crippen molar-refractivity contribution in [2.45, 2.75) is 12.5 Å². The van der Waals surface area contributed by atoms with Gasteiger partial charge in [-0.15, -0.1) is 0 Å². The van der Waals surface area contributed by atoms with Crippen LogP contribution in [0.2, 0.25) is 0 Å². The van der Waals surface area contributed by atoms with Gasteiger partial charge in [-0.25, -0.2) is 13.2 Å². The number of nitrogens with zero attached hydrogens (tertiary/aromatic N) is 1. The molecule has 1 saturated heterocycles. The zero-order valence-electron chi connectivity index (χ0n) is 13.8. The molecule has 136 valence electrons. The van der Waals surface area contributed by atoms with Crippen molar-refractivity contribution in [2.75, 3.05) is 38.4 Å². The molecular formula is C16H19NO7S. The fraction of sp³-hybridized carbons (Fsp3) is 0.500. The first-order chi connectivity index (χ1) is 11.9. The van der Waals surface area contributed by atoms with Gasteiger partial charge in [-0.05, 0) is 24.6 Å². The van der Waals surface area contributed by atoms with Crippen LogP contribution in [-0.4, -0.2) is 69.6 Å². The van der Waals surface area contributed by atoms with E-state index in [2.05, 4.69) is 0 Å². The molecule has 1 amide bonds. The lowest BCUT2D eigenvalue weighted by atomic mass is 10.2. The topological polar surface area (TPSA) is 99.2 Å². The molecule has 2 aliphatic rings. The van der Waals surface area contributed by atoms with Crippen LogP contribution in [0.3, 0.4) is 0 Å². The van der Waals surface area contributed by atoms with Crippen LogP contribution >= 0.6 is 0 Å². The first-order valence-corrected chi connectivity index (χ1v) is 9.71. The maximum Gasteiger partial charge on any atom is 0.338 e. The summed E-state index contributed by atoms with van der Waals surface area (Å²) < 4.78 is 38.8. The number of carbonyl (C=O) groups excluding carboxylic acids is 2. The van der Waals surface area contributed by atoms with Crippen molar-refractivity contribution < 1.29 is 32.2 Å². The van der Waals surface area contributed by atoms with Gasteiger partial charge in [-0.3, -0.25) is 4.79 Å². The van der Waals surface area contributed by atoms with Crippen LogP contribution < -0.4 is 9.47 Å². The van der Waals surface area contributed by atoms with Gasteiger partial charge in [0.25, 0.3) is 5.91 Å². The van der Waals surface area contributed by atoms with Gasteiger partial charge in [-0.1, -0.05) is 0 Å². The second-order valence-electron chi connectivity index (χ2n) is 6.00. The van der Waals surface area contributed by atoms with Crippen LogP contribution in [0.5, 0.6) is 11.5 Å². The molecule has 0 aliphatic carbocycles. The van der Waals surface area contributed by atoms with Crippen LogP contribution in [0.15, 0.2) is 18.2 Å². The minimum Gasteiger partial charge on any atom is -0.486 e. The Hall–Kier alpha value is -2.29. The number of benzene rings is 1. The molecule has 1 aromatic carbocycles. The summed E-state index contributed by atoms with van der Waals surface area (Å²) in [4.78, 5) is 25.6. The Bertz CT molecular complexity index is 790. The number of hydrogen-bond acceptors (Lipinski definition) is 7. The summed E-state index contributed by atoms with van der Waals surface area (Å²) in [6.07, 6.45) is 0.403. The fourth-order valence-corrected chi connectivity index (χ4v) is 4.54. The Morgan fingerprint density at radius 1 is 1.24 bits per heavy atom. The highest BCUT2D eigenvalue weighted by atomic mass is 32.2. The third-order valence-corrected chi connectivity index (χ3v) is 6.00. The highest BCUT2D eigenvalue weighted by Gasteiger charge is 2.33. The summed E-state index contributed by atoms with van der Waals surface area (Å²) in [5.74, 6) is -0.0513. The quantitative estimate of drug-likeness (QED) is 0.702. The number of sulfone groups is 1.